The second-order valence-electron chi connectivity index (χ2n) is 13.7. The standard InChI is InChI=1S/C33H42N6O9S/c1-18-5-4-6-19(2)28(36-32(43)44)30(41)39-17-22(48-27-16-34-25-13-21(47-3)9-12-24(25)35-27)14-26(39)29(40)37-33(15-20(33)8-7-18)31(42)38-49(45,46)23-10-11-23/h7-9,12-13,16,18-20,22-23,26,28,36H,4-6,10-11,14-15,17H2,1-3H3,(H,37,40)(H,38,42)(H,43,44)/b8-7-/t18-,19+,20+,22+,26-,28-,33+/m0/s1. The number of benzene rings is 1. The number of ether oxygens (including phenoxy) is 2. The fraction of sp³-hybridized carbons (Fsp3) is 0.576. The number of rotatable bonds is 7. The maximum absolute atomic E-state index is 14.2. The molecular formula is C33H42N6O9S. The minimum absolute atomic E-state index is 0.00366. The number of carbonyl (C=O) groups is 4. The van der Waals surface area contributed by atoms with E-state index in [2.05, 4.69) is 25.3 Å². The topological polar surface area (TPSA) is 206 Å². The summed E-state index contributed by atoms with van der Waals surface area (Å²) in [6, 6.07) is 2.88. The Kier molecular flexibility index (Phi) is 9.44. The minimum atomic E-state index is -3.90. The van der Waals surface area contributed by atoms with Gasteiger partial charge in [0.25, 0.3) is 5.91 Å². The summed E-state index contributed by atoms with van der Waals surface area (Å²) in [5, 5.41) is 14.2. The lowest BCUT2D eigenvalue weighted by Gasteiger charge is -2.31. The van der Waals surface area contributed by atoms with Crippen molar-refractivity contribution in [2.45, 2.75) is 87.8 Å². The van der Waals surface area contributed by atoms with Gasteiger partial charge in [0.1, 0.15) is 29.5 Å². The van der Waals surface area contributed by atoms with Crippen molar-refractivity contribution in [2.24, 2.45) is 17.8 Å². The Morgan fingerprint density at radius 3 is 2.59 bits per heavy atom. The summed E-state index contributed by atoms with van der Waals surface area (Å²) in [4.78, 5) is 64.0. The average Bonchev–Trinajstić information content (AvgIpc) is 3.98. The molecule has 2 aliphatic heterocycles. The molecule has 49 heavy (non-hydrogen) atoms. The van der Waals surface area contributed by atoms with Gasteiger partial charge in [0, 0.05) is 18.4 Å². The van der Waals surface area contributed by atoms with Gasteiger partial charge in [-0.25, -0.2) is 23.2 Å². The van der Waals surface area contributed by atoms with E-state index >= 15 is 0 Å². The molecule has 4 amide bonds. The Morgan fingerprint density at radius 1 is 1.10 bits per heavy atom. The van der Waals surface area contributed by atoms with Gasteiger partial charge in [-0.1, -0.05) is 32.4 Å². The molecular weight excluding hydrogens is 656 g/mol. The van der Waals surface area contributed by atoms with Crippen LogP contribution in [0.5, 0.6) is 11.6 Å². The molecule has 2 aliphatic carbocycles. The molecule has 0 spiro atoms. The minimum Gasteiger partial charge on any atom is -0.497 e. The van der Waals surface area contributed by atoms with Gasteiger partial charge in [-0.05, 0) is 56.1 Å². The summed E-state index contributed by atoms with van der Waals surface area (Å²) in [6.45, 7) is 3.73. The zero-order chi connectivity index (χ0) is 35.1. The Hall–Kier alpha value is -4.47. The zero-order valence-electron chi connectivity index (χ0n) is 27.6. The maximum atomic E-state index is 14.2. The van der Waals surface area contributed by atoms with Crippen LogP contribution in [0.2, 0.25) is 0 Å². The van der Waals surface area contributed by atoms with E-state index < -0.39 is 74.7 Å². The molecule has 3 fully saturated rings. The number of carboxylic acid groups (broad SMARTS) is 1. The molecule has 3 heterocycles. The highest BCUT2D eigenvalue weighted by Gasteiger charge is 2.62. The Morgan fingerprint density at radius 2 is 1.88 bits per heavy atom. The van der Waals surface area contributed by atoms with Crippen LogP contribution in [0.25, 0.3) is 11.0 Å². The number of amides is 4. The van der Waals surface area contributed by atoms with Crippen molar-refractivity contribution in [3.63, 3.8) is 0 Å². The number of aromatic nitrogens is 2. The van der Waals surface area contributed by atoms with Crippen molar-refractivity contribution in [1.82, 2.24) is 30.2 Å². The van der Waals surface area contributed by atoms with E-state index in [1.54, 1.807) is 32.2 Å². The lowest BCUT2D eigenvalue weighted by Crippen LogP contribution is -2.59. The van der Waals surface area contributed by atoms with Crippen LogP contribution >= 0.6 is 0 Å². The molecule has 2 aromatic rings. The molecule has 1 saturated heterocycles. The smallest absolute Gasteiger partial charge is 0.405 e. The zero-order valence-corrected chi connectivity index (χ0v) is 28.4. The lowest BCUT2D eigenvalue weighted by atomic mass is 9.92. The van der Waals surface area contributed by atoms with Crippen molar-refractivity contribution in [1.29, 1.82) is 0 Å². The van der Waals surface area contributed by atoms with Crippen LogP contribution in [0.3, 0.4) is 0 Å². The van der Waals surface area contributed by atoms with Crippen molar-refractivity contribution in [2.75, 3.05) is 13.7 Å². The third kappa shape index (κ3) is 7.43. The molecule has 0 unspecified atom stereocenters. The van der Waals surface area contributed by atoms with Crippen LogP contribution in [0.15, 0.2) is 36.5 Å². The summed E-state index contributed by atoms with van der Waals surface area (Å²) in [5.41, 5.74) is -0.414. The highest BCUT2D eigenvalue weighted by molar-refractivity contribution is 7.91. The van der Waals surface area contributed by atoms with Crippen LogP contribution in [-0.4, -0.2) is 94.8 Å². The first-order valence-electron chi connectivity index (χ1n) is 16.6. The molecule has 15 nitrogen and oxygen atoms in total. The van der Waals surface area contributed by atoms with Crippen LogP contribution in [0, 0.1) is 17.8 Å². The number of allylic oxidation sites excluding steroid dienone is 1. The Balaban J connectivity index is 1.30. The summed E-state index contributed by atoms with van der Waals surface area (Å²) in [5.74, 6) is -2.07. The molecule has 1 aromatic carbocycles. The summed E-state index contributed by atoms with van der Waals surface area (Å²) >= 11 is 0. The van der Waals surface area contributed by atoms with E-state index in [1.165, 1.54) is 11.1 Å². The van der Waals surface area contributed by atoms with E-state index in [0.717, 1.165) is 6.42 Å². The fourth-order valence-corrected chi connectivity index (χ4v) is 8.14. The normalized spacial score (nSPS) is 31.3. The van der Waals surface area contributed by atoms with E-state index in [0.29, 0.717) is 42.5 Å². The summed E-state index contributed by atoms with van der Waals surface area (Å²) in [6.07, 6.45) is 6.23. The molecule has 4 N–H and O–H groups in total. The number of carbonyl (C=O) groups excluding carboxylic acids is 3. The SMILES string of the molecule is COc1ccc2nc(O[C@@H]3C[C@H]4C(=O)N[C@]5(C(=O)NS(=O)(=O)C6CC6)C[C@H]5/C=C\[C@@H](C)CCC[C@@H](C)[C@H](NC(=O)O)C(=O)N4C3)cnc2c1. The fourth-order valence-electron chi connectivity index (χ4n) is 6.78. The molecule has 2 saturated carbocycles. The van der Waals surface area contributed by atoms with E-state index in [-0.39, 0.29) is 31.2 Å². The highest BCUT2D eigenvalue weighted by atomic mass is 32.2. The van der Waals surface area contributed by atoms with Gasteiger partial charge in [-0.3, -0.25) is 19.1 Å². The molecule has 0 radical (unpaired) electrons. The summed E-state index contributed by atoms with van der Waals surface area (Å²) in [7, 11) is -2.35. The van der Waals surface area contributed by atoms with Crippen molar-refractivity contribution < 1.29 is 42.2 Å². The number of nitrogens with one attached hydrogen (secondary N) is 3. The van der Waals surface area contributed by atoms with Gasteiger partial charge in [0.05, 0.1) is 36.1 Å². The molecule has 6 rings (SSSR count). The van der Waals surface area contributed by atoms with Crippen LogP contribution < -0.4 is 24.8 Å². The van der Waals surface area contributed by atoms with Crippen LogP contribution in [0.1, 0.15) is 58.8 Å². The third-order valence-electron chi connectivity index (χ3n) is 9.93. The number of fused-ring (bicyclic) bond motifs is 3. The van der Waals surface area contributed by atoms with E-state index in [4.69, 9.17) is 9.47 Å². The second kappa shape index (κ2) is 13.4. The van der Waals surface area contributed by atoms with Gasteiger partial charge in [-0.2, -0.15) is 0 Å². The van der Waals surface area contributed by atoms with Gasteiger partial charge in [-0.15, -0.1) is 0 Å². The molecule has 7 atom stereocenters. The highest BCUT2D eigenvalue weighted by Crippen LogP contribution is 2.46. The van der Waals surface area contributed by atoms with E-state index in [9.17, 15) is 32.7 Å². The lowest BCUT2D eigenvalue weighted by molar-refractivity contribution is -0.142. The van der Waals surface area contributed by atoms with Gasteiger partial charge in [0.2, 0.25) is 27.7 Å². The number of hydrogen-bond donors (Lipinski definition) is 4. The molecule has 0 bridgehead atoms. The van der Waals surface area contributed by atoms with Gasteiger partial charge < -0.3 is 30.1 Å². The van der Waals surface area contributed by atoms with Crippen LogP contribution in [-0.2, 0) is 24.4 Å². The first kappa shape index (κ1) is 34.4. The monoisotopic (exact) mass is 698 g/mol. The Bertz CT molecular complexity index is 1780. The maximum Gasteiger partial charge on any atom is 0.405 e. The largest absolute Gasteiger partial charge is 0.497 e. The third-order valence-corrected chi connectivity index (χ3v) is 11.8. The molecule has 1 aromatic heterocycles. The second-order valence-corrected chi connectivity index (χ2v) is 15.6. The quantitative estimate of drug-likeness (QED) is 0.308. The molecule has 4 aliphatic rings. The van der Waals surface area contributed by atoms with Gasteiger partial charge in [0.15, 0.2) is 0 Å². The van der Waals surface area contributed by atoms with Crippen LogP contribution in [0.4, 0.5) is 4.79 Å². The Labute approximate surface area is 284 Å². The van der Waals surface area contributed by atoms with Crippen molar-refractivity contribution in [3.05, 3.63) is 36.5 Å². The van der Waals surface area contributed by atoms with E-state index in [1.807, 2.05) is 19.1 Å². The van der Waals surface area contributed by atoms with Gasteiger partial charge >= 0.3 is 6.09 Å². The number of nitrogens with zero attached hydrogens (tertiary/aromatic N) is 3. The predicted molar refractivity (Wildman–Crippen MR) is 176 cm³/mol. The van der Waals surface area contributed by atoms with Crippen molar-refractivity contribution in [3.8, 4) is 11.6 Å². The summed E-state index contributed by atoms with van der Waals surface area (Å²) < 4.78 is 39.1. The molecule has 16 heteroatoms. The average molecular weight is 699 g/mol. The molecule has 264 valence electrons. The number of hydrogen-bond acceptors (Lipinski definition) is 10. The number of sulfonamides is 1. The number of methoxy groups -OCH3 is 1. The first-order valence-corrected chi connectivity index (χ1v) is 18.2. The predicted octanol–water partition coefficient (Wildman–Crippen LogP) is 2.12. The van der Waals surface area contributed by atoms with Crippen molar-refractivity contribution >= 4 is 44.9 Å². The first-order chi connectivity index (χ1) is 23.3.